The predicted molar refractivity (Wildman–Crippen MR) is 70.1 cm³/mol. The molecule has 18 heavy (non-hydrogen) atoms. The number of anilines is 1. The van der Waals surface area contributed by atoms with Gasteiger partial charge in [-0.15, -0.1) is 0 Å². The third-order valence-corrected chi connectivity index (χ3v) is 3.10. The van der Waals surface area contributed by atoms with Crippen molar-refractivity contribution in [2.75, 3.05) is 5.32 Å². The van der Waals surface area contributed by atoms with E-state index in [0.717, 1.165) is 18.5 Å². The van der Waals surface area contributed by atoms with Crippen LogP contribution in [0.25, 0.3) is 0 Å². The molecule has 0 radical (unpaired) electrons. The third-order valence-electron chi connectivity index (χ3n) is 3.10. The van der Waals surface area contributed by atoms with Crippen molar-refractivity contribution in [3.8, 4) is 0 Å². The van der Waals surface area contributed by atoms with Gasteiger partial charge in [0.05, 0.1) is 0 Å². The molecule has 4 heteroatoms. The molecule has 1 aliphatic carbocycles. The van der Waals surface area contributed by atoms with Gasteiger partial charge in [0, 0.05) is 11.7 Å². The summed E-state index contributed by atoms with van der Waals surface area (Å²) < 4.78 is 0. The van der Waals surface area contributed by atoms with Gasteiger partial charge in [0.15, 0.2) is 0 Å². The Hall–Kier alpha value is -1.84. The van der Waals surface area contributed by atoms with Crippen molar-refractivity contribution < 1.29 is 9.59 Å². The molecule has 0 aliphatic heterocycles. The van der Waals surface area contributed by atoms with Crippen LogP contribution in [0.4, 0.5) is 5.69 Å². The largest absolute Gasteiger partial charge is 0.353 e. The lowest BCUT2D eigenvalue weighted by Crippen LogP contribution is -2.34. The van der Waals surface area contributed by atoms with E-state index in [0.29, 0.717) is 0 Å². The molecule has 0 atom stereocenters. The lowest BCUT2D eigenvalue weighted by atomic mass is 10.2. The monoisotopic (exact) mass is 246 g/mol. The average Bonchev–Trinajstić information content (AvgIpc) is 2.82. The Bertz CT molecular complexity index is 411. The maximum atomic E-state index is 11.6. The highest BCUT2D eigenvalue weighted by molar-refractivity contribution is 6.03. The molecule has 2 rings (SSSR count). The summed E-state index contributed by atoms with van der Waals surface area (Å²) in [5, 5.41) is 5.59. The summed E-state index contributed by atoms with van der Waals surface area (Å²) in [6, 6.07) is 9.42. The van der Waals surface area contributed by atoms with E-state index in [9.17, 15) is 9.59 Å². The van der Waals surface area contributed by atoms with E-state index >= 15 is 0 Å². The normalized spacial score (nSPS) is 15.3. The van der Waals surface area contributed by atoms with Crippen LogP contribution in [-0.4, -0.2) is 17.9 Å². The second kappa shape index (κ2) is 6.19. The molecule has 1 aromatic carbocycles. The number of hydrogen-bond donors (Lipinski definition) is 2. The van der Waals surface area contributed by atoms with Crippen molar-refractivity contribution in [2.24, 2.45) is 0 Å². The zero-order valence-corrected chi connectivity index (χ0v) is 10.3. The first-order valence-corrected chi connectivity index (χ1v) is 6.38. The van der Waals surface area contributed by atoms with E-state index in [1.807, 2.05) is 18.2 Å². The SMILES string of the molecule is O=C(CC(=O)NC1CCCC1)Nc1ccccc1. The van der Waals surface area contributed by atoms with E-state index < -0.39 is 0 Å². The number of amides is 2. The second-order valence-corrected chi connectivity index (χ2v) is 4.64. The standard InChI is InChI=1S/C14H18N2O2/c17-13(15-11-6-2-1-3-7-11)10-14(18)16-12-8-4-5-9-12/h1-3,6-7,12H,4-5,8-10H2,(H,15,17)(H,16,18). The summed E-state index contributed by atoms with van der Waals surface area (Å²) >= 11 is 0. The first-order chi connectivity index (χ1) is 8.74. The van der Waals surface area contributed by atoms with Gasteiger partial charge < -0.3 is 10.6 Å². The minimum absolute atomic E-state index is 0.106. The molecule has 0 heterocycles. The van der Waals surface area contributed by atoms with Gasteiger partial charge in [0.2, 0.25) is 11.8 Å². The highest BCUT2D eigenvalue weighted by Gasteiger charge is 2.18. The molecule has 0 bridgehead atoms. The number of nitrogens with one attached hydrogen (secondary N) is 2. The second-order valence-electron chi connectivity index (χ2n) is 4.64. The molecule has 0 aromatic heterocycles. The van der Waals surface area contributed by atoms with Crippen molar-refractivity contribution in [1.29, 1.82) is 0 Å². The van der Waals surface area contributed by atoms with Crippen LogP contribution in [0.5, 0.6) is 0 Å². The topological polar surface area (TPSA) is 58.2 Å². The first kappa shape index (κ1) is 12.6. The summed E-state index contributed by atoms with van der Waals surface area (Å²) in [6.07, 6.45) is 4.30. The van der Waals surface area contributed by atoms with E-state index in [2.05, 4.69) is 10.6 Å². The molecule has 1 fully saturated rings. The fourth-order valence-electron chi connectivity index (χ4n) is 2.22. The minimum Gasteiger partial charge on any atom is -0.353 e. The van der Waals surface area contributed by atoms with Crippen LogP contribution >= 0.6 is 0 Å². The Morgan fingerprint density at radius 1 is 1.06 bits per heavy atom. The Labute approximate surface area is 107 Å². The van der Waals surface area contributed by atoms with Crippen LogP contribution in [0.15, 0.2) is 30.3 Å². The Kier molecular flexibility index (Phi) is 4.34. The van der Waals surface area contributed by atoms with E-state index in [4.69, 9.17) is 0 Å². The van der Waals surface area contributed by atoms with Crippen LogP contribution in [0.3, 0.4) is 0 Å². The molecular weight excluding hydrogens is 228 g/mol. The molecule has 4 nitrogen and oxygen atoms in total. The van der Waals surface area contributed by atoms with Crippen LogP contribution in [-0.2, 0) is 9.59 Å². The summed E-state index contributed by atoms with van der Waals surface area (Å²) in [5.41, 5.74) is 0.719. The van der Waals surface area contributed by atoms with Crippen LogP contribution in [0.2, 0.25) is 0 Å². The Morgan fingerprint density at radius 2 is 1.72 bits per heavy atom. The minimum atomic E-state index is -0.267. The van der Waals surface area contributed by atoms with Gasteiger partial charge in [0.25, 0.3) is 0 Å². The van der Waals surface area contributed by atoms with Gasteiger partial charge in [-0.25, -0.2) is 0 Å². The van der Waals surface area contributed by atoms with Gasteiger partial charge >= 0.3 is 0 Å². The van der Waals surface area contributed by atoms with Crippen molar-refractivity contribution in [3.05, 3.63) is 30.3 Å². The van der Waals surface area contributed by atoms with E-state index in [-0.39, 0.29) is 24.3 Å². The molecular formula is C14H18N2O2. The summed E-state index contributed by atoms with van der Waals surface area (Å²) in [5.74, 6) is -0.452. The highest BCUT2D eigenvalue weighted by Crippen LogP contribution is 2.17. The number of hydrogen-bond acceptors (Lipinski definition) is 2. The summed E-state index contributed by atoms with van der Waals surface area (Å²) in [4.78, 5) is 23.3. The lowest BCUT2D eigenvalue weighted by Gasteiger charge is -2.11. The smallest absolute Gasteiger partial charge is 0.233 e. The van der Waals surface area contributed by atoms with Crippen molar-refractivity contribution in [2.45, 2.75) is 38.1 Å². The fraction of sp³-hybridized carbons (Fsp3) is 0.429. The van der Waals surface area contributed by atoms with Crippen LogP contribution in [0, 0.1) is 0 Å². The van der Waals surface area contributed by atoms with Crippen molar-refractivity contribution >= 4 is 17.5 Å². The summed E-state index contributed by atoms with van der Waals surface area (Å²) in [6.45, 7) is 0. The van der Waals surface area contributed by atoms with E-state index in [1.165, 1.54) is 12.8 Å². The summed E-state index contributed by atoms with van der Waals surface area (Å²) in [7, 11) is 0. The molecule has 96 valence electrons. The number of para-hydroxylation sites is 1. The number of carbonyl (C=O) groups excluding carboxylic acids is 2. The van der Waals surface area contributed by atoms with Crippen molar-refractivity contribution in [1.82, 2.24) is 5.32 Å². The van der Waals surface area contributed by atoms with Gasteiger partial charge in [-0.3, -0.25) is 9.59 Å². The zero-order chi connectivity index (χ0) is 12.8. The molecule has 2 amide bonds. The maximum absolute atomic E-state index is 11.6. The van der Waals surface area contributed by atoms with Crippen molar-refractivity contribution in [3.63, 3.8) is 0 Å². The van der Waals surface area contributed by atoms with Gasteiger partial charge in [-0.2, -0.15) is 0 Å². The van der Waals surface area contributed by atoms with Crippen LogP contribution in [0.1, 0.15) is 32.1 Å². The lowest BCUT2D eigenvalue weighted by molar-refractivity contribution is -0.127. The predicted octanol–water partition coefficient (Wildman–Crippen LogP) is 2.07. The quantitative estimate of drug-likeness (QED) is 0.799. The molecule has 0 saturated heterocycles. The van der Waals surface area contributed by atoms with E-state index in [1.54, 1.807) is 12.1 Å². The average molecular weight is 246 g/mol. The molecule has 0 spiro atoms. The zero-order valence-electron chi connectivity index (χ0n) is 10.3. The van der Waals surface area contributed by atoms with Gasteiger partial charge in [0.1, 0.15) is 6.42 Å². The van der Waals surface area contributed by atoms with Crippen LogP contribution < -0.4 is 10.6 Å². The maximum Gasteiger partial charge on any atom is 0.233 e. The molecule has 0 unspecified atom stereocenters. The van der Waals surface area contributed by atoms with Gasteiger partial charge in [-0.1, -0.05) is 31.0 Å². The molecule has 1 saturated carbocycles. The van der Waals surface area contributed by atoms with Gasteiger partial charge in [-0.05, 0) is 25.0 Å². The molecule has 1 aromatic rings. The Balaban J connectivity index is 1.75. The number of carbonyl (C=O) groups is 2. The molecule has 1 aliphatic rings. The Morgan fingerprint density at radius 3 is 2.39 bits per heavy atom. The highest BCUT2D eigenvalue weighted by atomic mass is 16.2. The number of rotatable bonds is 4. The fourth-order valence-corrected chi connectivity index (χ4v) is 2.22. The molecule has 2 N–H and O–H groups in total. The first-order valence-electron chi connectivity index (χ1n) is 6.38. The number of benzene rings is 1. The third kappa shape index (κ3) is 3.87.